The van der Waals surface area contributed by atoms with Crippen LogP contribution in [0.1, 0.15) is 86.5 Å². The Balaban J connectivity index is 1.44. The number of esters is 1. The summed E-state index contributed by atoms with van der Waals surface area (Å²) in [4.78, 5) is 72.3. The largest absolute Gasteiger partial charge is 0.480 e. The average molecular weight is 685 g/mol. The molecule has 1 saturated carbocycles. The molecule has 14 heteroatoms. The highest BCUT2D eigenvalue weighted by molar-refractivity contribution is 7.09. The maximum atomic E-state index is 14.0. The van der Waals surface area contributed by atoms with E-state index in [1.54, 1.807) is 36.2 Å². The minimum atomic E-state index is -1.13. The van der Waals surface area contributed by atoms with E-state index in [4.69, 9.17) is 4.74 Å². The average Bonchev–Trinajstić information content (AvgIpc) is 3.77. The van der Waals surface area contributed by atoms with Crippen LogP contribution in [0.25, 0.3) is 0 Å². The van der Waals surface area contributed by atoms with Gasteiger partial charge in [-0.25, -0.2) is 10.4 Å². The van der Waals surface area contributed by atoms with Gasteiger partial charge in [-0.2, -0.15) is 0 Å². The number of aromatic nitrogens is 1. The Morgan fingerprint density at radius 1 is 1.10 bits per heavy atom. The number of ether oxygens (including phenoxy) is 1. The van der Waals surface area contributed by atoms with Crippen molar-refractivity contribution in [1.29, 1.82) is 0 Å². The van der Waals surface area contributed by atoms with E-state index in [1.807, 2.05) is 31.9 Å². The zero-order chi connectivity index (χ0) is 35.0. The first kappa shape index (κ1) is 36.9. The van der Waals surface area contributed by atoms with Crippen molar-refractivity contribution in [1.82, 2.24) is 31.0 Å². The van der Waals surface area contributed by atoms with Crippen LogP contribution in [0.5, 0.6) is 0 Å². The first-order valence-corrected chi connectivity index (χ1v) is 17.5. The quantitative estimate of drug-likeness (QED) is 0.152. The van der Waals surface area contributed by atoms with Gasteiger partial charge in [-0.3, -0.25) is 34.3 Å². The molecule has 1 aromatic heterocycles. The van der Waals surface area contributed by atoms with Gasteiger partial charge in [0.05, 0.1) is 6.04 Å². The Morgan fingerprint density at radius 3 is 2.42 bits per heavy atom. The number of hydrogen-bond donors (Lipinski definition) is 4. The number of amides is 3. The van der Waals surface area contributed by atoms with Crippen LogP contribution < -0.4 is 16.2 Å². The molecule has 5 atom stereocenters. The third-order valence-electron chi connectivity index (χ3n) is 9.08. The van der Waals surface area contributed by atoms with Crippen LogP contribution in [-0.4, -0.2) is 94.4 Å². The first-order valence-electron chi connectivity index (χ1n) is 16.6. The van der Waals surface area contributed by atoms with Gasteiger partial charge in [0.1, 0.15) is 22.8 Å². The summed E-state index contributed by atoms with van der Waals surface area (Å²) >= 11 is 1.13. The van der Waals surface area contributed by atoms with Crippen molar-refractivity contribution in [3.63, 3.8) is 0 Å². The molecular weight excluding hydrogens is 636 g/mol. The summed E-state index contributed by atoms with van der Waals surface area (Å²) in [6.07, 6.45) is 4.05. The standard InChI is InChI=1S/C34H48N6O7S/c1-20(2)27(40(5)33(44)29(23-14-15-23)36-31(43)26-13-9-10-16-39(26)4)18-28(47-21(3)41)32-35-25(19-48-32)30(42)38-37-24(34(45)46)17-22-11-7-6-8-12-22/h6-8,11-12,19-20,23-24,26-29,37H,9-10,13-18H2,1-5H3,(H,36,43)(H,38,42)(H,45,46)/t24-,26+,27+,28+,29-/m0/s1. The number of hydrazine groups is 1. The maximum absolute atomic E-state index is 14.0. The second-order valence-electron chi connectivity index (χ2n) is 13.2. The molecule has 0 radical (unpaired) electrons. The number of carboxylic acids is 1. The Morgan fingerprint density at radius 2 is 1.81 bits per heavy atom. The molecule has 3 amide bonds. The van der Waals surface area contributed by atoms with Crippen molar-refractivity contribution >= 4 is 41.0 Å². The molecule has 2 aromatic rings. The molecule has 13 nitrogen and oxygen atoms in total. The normalized spacial score (nSPS) is 19.1. The molecule has 2 fully saturated rings. The predicted octanol–water partition coefficient (Wildman–Crippen LogP) is 2.93. The lowest BCUT2D eigenvalue weighted by molar-refractivity contribution is -0.149. The summed E-state index contributed by atoms with van der Waals surface area (Å²) in [5.74, 6) is -2.57. The zero-order valence-corrected chi connectivity index (χ0v) is 29.1. The van der Waals surface area contributed by atoms with E-state index >= 15 is 0 Å². The highest BCUT2D eigenvalue weighted by Crippen LogP contribution is 2.35. The fourth-order valence-corrected chi connectivity index (χ4v) is 6.99. The van der Waals surface area contributed by atoms with Crippen molar-refractivity contribution in [2.75, 3.05) is 20.6 Å². The van der Waals surface area contributed by atoms with Crippen molar-refractivity contribution in [3.8, 4) is 0 Å². The minimum absolute atomic E-state index is 0.0261. The second-order valence-corrected chi connectivity index (χ2v) is 14.0. The van der Waals surface area contributed by atoms with E-state index in [1.165, 1.54) is 12.3 Å². The van der Waals surface area contributed by atoms with Gasteiger partial charge >= 0.3 is 11.9 Å². The van der Waals surface area contributed by atoms with Gasteiger partial charge in [0.15, 0.2) is 6.10 Å². The molecule has 0 spiro atoms. The third kappa shape index (κ3) is 10.1. The van der Waals surface area contributed by atoms with Crippen LogP contribution in [-0.2, 0) is 30.3 Å². The Bertz CT molecular complexity index is 1430. The van der Waals surface area contributed by atoms with Gasteiger partial charge in [-0.1, -0.05) is 50.6 Å². The van der Waals surface area contributed by atoms with E-state index < -0.39 is 36.0 Å². The predicted molar refractivity (Wildman–Crippen MR) is 180 cm³/mol. The van der Waals surface area contributed by atoms with Crippen LogP contribution in [0.3, 0.4) is 0 Å². The van der Waals surface area contributed by atoms with Gasteiger partial charge in [0.2, 0.25) is 11.8 Å². The summed E-state index contributed by atoms with van der Waals surface area (Å²) < 4.78 is 5.68. The number of likely N-dealkylation sites (N-methyl/N-ethyl adjacent to an activating group) is 2. The lowest BCUT2D eigenvalue weighted by Gasteiger charge is -2.37. The number of nitrogens with zero attached hydrogens (tertiary/aromatic N) is 3. The van der Waals surface area contributed by atoms with Crippen LogP contribution in [0, 0.1) is 11.8 Å². The van der Waals surface area contributed by atoms with Gasteiger partial charge in [-0.05, 0) is 56.7 Å². The van der Waals surface area contributed by atoms with Crippen molar-refractivity contribution in [2.24, 2.45) is 11.8 Å². The summed E-state index contributed by atoms with van der Waals surface area (Å²) in [6.45, 7) is 6.08. The highest BCUT2D eigenvalue weighted by Gasteiger charge is 2.42. The zero-order valence-electron chi connectivity index (χ0n) is 28.3. The molecule has 4 N–H and O–H groups in total. The monoisotopic (exact) mass is 684 g/mol. The van der Waals surface area contributed by atoms with E-state index in [0.29, 0.717) is 5.01 Å². The topological polar surface area (TPSA) is 170 Å². The van der Waals surface area contributed by atoms with Crippen molar-refractivity contribution in [3.05, 3.63) is 52.0 Å². The summed E-state index contributed by atoms with van der Waals surface area (Å²) in [6, 6.07) is 6.71. The third-order valence-corrected chi connectivity index (χ3v) is 10.0. The Kier molecular flexibility index (Phi) is 13.1. The first-order chi connectivity index (χ1) is 22.8. The number of piperidine rings is 1. The number of rotatable bonds is 16. The number of aliphatic carboxylic acids is 1. The number of hydrogen-bond acceptors (Lipinski definition) is 10. The Labute approximate surface area is 285 Å². The molecule has 1 aliphatic heterocycles. The van der Waals surface area contributed by atoms with E-state index in [9.17, 15) is 29.1 Å². The molecular formula is C34H48N6O7S. The fraction of sp³-hybridized carbons (Fsp3) is 0.588. The van der Waals surface area contributed by atoms with E-state index in [0.717, 1.165) is 55.5 Å². The number of carbonyl (C=O) groups excluding carboxylic acids is 4. The maximum Gasteiger partial charge on any atom is 0.322 e. The number of likely N-dealkylation sites (tertiary alicyclic amines) is 1. The van der Waals surface area contributed by atoms with Gasteiger partial charge in [0, 0.05) is 38.2 Å². The lowest BCUT2D eigenvalue weighted by Crippen LogP contribution is -2.56. The Hall–Kier alpha value is -3.88. The number of benzene rings is 1. The van der Waals surface area contributed by atoms with Crippen molar-refractivity contribution < 1.29 is 33.8 Å². The molecule has 1 aromatic carbocycles. The summed E-state index contributed by atoms with van der Waals surface area (Å²) in [5, 5.41) is 14.6. The molecule has 2 heterocycles. The molecule has 0 unspecified atom stereocenters. The van der Waals surface area contributed by atoms with Crippen molar-refractivity contribution in [2.45, 2.75) is 96.0 Å². The number of carbonyl (C=O) groups is 5. The minimum Gasteiger partial charge on any atom is -0.480 e. The molecule has 4 rings (SSSR count). The highest BCUT2D eigenvalue weighted by atomic mass is 32.1. The molecule has 48 heavy (non-hydrogen) atoms. The van der Waals surface area contributed by atoms with Gasteiger partial charge < -0.3 is 20.1 Å². The molecule has 0 bridgehead atoms. The number of nitrogens with one attached hydrogen (secondary N) is 3. The van der Waals surface area contributed by atoms with Crippen LogP contribution >= 0.6 is 11.3 Å². The SMILES string of the molecule is CC(=O)O[C@H](C[C@H](C(C)C)N(C)C(=O)[C@@H](NC(=O)[C@H]1CCCCN1C)C1CC1)c1nc(C(=O)NN[C@@H](Cc2ccccc2)C(=O)O)cs1. The fourth-order valence-electron chi connectivity index (χ4n) is 6.15. The summed E-state index contributed by atoms with van der Waals surface area (Å²) in [7, 11) is 3.66. The van der Waals surface area contributed by atoms with Gasteiger partial charge in [-0.15, -0.1) is 11.3 Å². The smallest absolute Gasteiger partial charge is 0.322 e. The second kappa shape index (κ2) is 17.0. The van der Waals surface area contributed by atoms with Crippen LogP contribution in [0.2, 0.25) is 0 Å². The number of carboxylic acid groups (broad SMARTS) is 1. The molecule has 262 valence electrons. The molecule has 2 aliphatic rings. The number of thiazole rings is 1. The van der Waals surface area contributed by atoms with E-state index in [2.05, 4.69) is 21.2 Å². The van der Waals surface area contributed by atoms with Crippen LogP contribution in [0.15, 0.2) is 35.7 Å². The van der Waals surface area contributed by atoms with Gasteiger partial charge in [0.25, 0.3) is 5.91 Å². The molecule has 1 aliphatic carbocycles. The lowest BCUT2D eigenvalue weighted by atomic mass is 9.95. The van der Waals surface area contributed by atoms with Crippen LogP contribution in [0.4, 0.5) is 0 Å². The molecule has 1 saturated heterocycles. The summed E-state index contributed by atoms with van der Waals surface area (Å²) in [5.41, 5.74) is 5.82. The van der Waals surface area contributed by atoms with E-state index in [-0.39, 0.29) is 54.3 Å².